The molecule has 37 heavy (non-hydrogen) atoms. The third-order valence-electron chi connectivity index (χ3n) is 6.11. The first-order valence-electron chi connectivity index (χ1n) is 12.1. The van der Waals surface area contributed by atoms with Crippen LogP contribution in [-0.2, 0) is 38.8 Å². The van der Waals surface area contributed by atoms with E-state index in [9.17, 15) is 10.2 Å². The van der Waals surface area contributed by atoms with E-state index in [0.29, 0.717) is 6.61 Å². The number of aliphatic hydroxyl groups is 2. The zero-order chi connectivity index (χ0) is 25.9. The van der Waals surface area contributed by atoms with Gasteiger partial charge in [-0.2, -0.15) is 0 Å². The molecule has 1 heterocycles. The summed E-state index contributed by atoms with van der Waals surface area (Å²) in [7, 11) is 0. The van der Waals surface area contributed by atoms with Crippen molar-refractivity contribution < 1.29 is 29.2 Å². The highest BCUT2D eigenvalue weighted by atomic mass is 16.6. The maximum Gasteiger partial charge on any atom is 0.165 e. The molecule has 9 nitrogen and oxygen atoms in total. The zero-order valence-electron chi connectivity index (χ0n) is 20.3. The lowest BCUT2D eigenvalue weighted by Crippen LogP contribution is -2.50. The van der Waals surface area contributed by atoms with E-state index < -0.39 is 36.7 Å². The number of hydrogen-bond acceptors (Lipinski definition) is 7. The summed E-state index contributed by atoms with van der Waals surface area (Å²) >= 11 is 0. The predicted octanol–water partition coefficient (Wildman–Crippen LogP) is 4.13. The molecule has 0 aromatic heterocycles. The van der Waals surface area contributed by atoms with Crippen molar-refractivity contribution in [1.82, 2.24) is 0 Å². The summed E-state index contributed by atoms with van der Waals surface area (Å²) in [5.74, 6) is 0. The molecule has 1 aliphatic rings. The molecule has 0 bridgehead atoms. The van der Waals surface area contributed by atoms with E-state index in [1.54, 1.807) is 0 Å². The highest BCUT2D eigenvalue weighted by molar-refractivity contribution is 5.15. The molecule has 6 atom stereocenters. The van der Waals surface area contributed by atoms with Gasteiger partial charge in [0.1, 0.15) is 30.5 Å². The lowest BCUT2D eigenvalue weighted by atomic mass is 10.00. The molecule has 3 aromatic carbocycles. The number of azide groups is 1. The smallest absolute Gasteiger partial charge is 0.165 e. The van der Waals surface area contributed by atoms with Gasteiger partial charge in [0.25, 0.3) is 0 Å². The molecule has 0 aliphatic carbocycles. The van der Waals surface area contributed by atoms with E-state index in [2.05, 4.69) is 10.0 Å². The van der Waals surface area contributed by atoms with Gasteiger partial charge in [0.15, 0.2) is 6.23 Å². The van der Waals surface area contributed by atoms with Crippen molar-refractivity contribution in [3.05, 3.63) is 118 Å². The van der Waals surface area contributed by atoms with Gasteiger partial charge < -0.3 is 29.2 Å². The SMILES string of the molecule is [N-]=[N+]=N[C@H]1O[C@H](COCc2ccccc2)[C@@H](OCc2ccccc2)[C@H](OCc2ccccc2)[C@H](O)[C@H]1O. The van der Waals surface area contributed by atoms with Crippen molar-refractivity contribution >= 4 is 0 Å². The first-order chi connectivity index (χ1) is 18.2. The van der Waals surface area contributed by atoms with Crippen LogP contribution in [0.15, 0.2) is 96.1 Å². The molecule has 9 heteroatoms. The van der Waals surface area contributed by atoms with Crippen molar-refractivity contribution in [3.63, 3.8) is 0 Å². The molecule has 1 fully saturated rings. The molecule has 0 radical (unpaired) electrons. The van der Waals surface area contributed by atoms with E-state index in [1.807, 2.05) is 91.0 Å². The summed E-state index contributed by atoms with van der Waals surface area (Å²) in [6, 6.07) is 28.7. The zero-order valence-corrected chi connectivity index (χ0v) is 20.3. The molecule has 0 spiro atoms. The molecule has 0 unspecified atom stereocenters. The second kappa shape index (κ2) is 13.9. The van der Waals surface area contributed by atoms with Crippen molar-refractivity contribution in [1.29, 1.82) is 0 Å². The van der Waals surface area contributed by atoms with E-state index in [0.717, 1.165) is 16.7 Å². The van der Waals surface area contributed by atoms with Crippen molar-refractivity contribution in [2.24, 2.45) is 5.11 Å². The van der Waals surface area contributed by atoms with Crippen LogP contribution in [0.1, 0.15) is 16.7 Å². The lowest BCUT2D eigenvalue weighted by Gasteiger charge is -2.33. The van der Waals surface area contributed by atoms with Gasteiger partial charge in [0.05, 0.1) is 26.4 Å². The molecule has 0 amide bonds. The average Bonchev–Trinajstić information content (AvgIpc) is 3.03. The largest absolute Gasteiger partial charge is 0.387 e. The second-order valence-corrected chi connectivity index (χ2v) is 8.77. The molecular formula is C28H31N3O6. The topological polar surface area (TPSA) is 126 Å². The Balaban J connectivity index is 1.58. The quantitative estimate of drug-likeness (QED) is 0.229. The fraction of sp³-hybridized carbons (Fsp3) is 0.357. The van der Waals surface area contributed by atoms with Crippen LogP contribution in [0, 0.1) is 0 Å². The summed E-state index contributed by atoms with van der Waals surface area (Å²) in [6.07, 6.45) is -6.97. The Bertz CT molecular complexity index is 1110. The molecule has 1 saturated heterocycles. The summed E-state index contributed by atoms with van der Waals surface area (Å²) in [5, 5.41) is 25.5. The number of nitrogens with zero attached hydrogens (tertiary/aromatic N) is 3. The Hall–Kier alpha value is -3.27. The van der Waals surface area contributed by atoms with E-state index >= 15 is 0 Å². The molecule has 3 aromatic rings. The van der Waals surface area contributed by atoms with Gasteiger partial charge in [-0.25, -0.2) is 0 Å². The molecule has 1 aliphatic heterocycles. The van der Waals surface area contributed by atoms with Crippen LogP contribution in [0.25, 0.3) is 10.4 Å². The number of hydrogen-bond donors (Lipinski definition) is 2. The molecule has 4 rings (SSSR count). The minimum absolute atomic E-state index is 0.0520. The Morgan fingerprint density at radius 2 is 1.19 bits per heavy atom. The number of rotatable bonds is 11. The number of ether oxygens (including phenoxy) is 4. The molecule has 0 saturated carbocycles. The summed E-state index contributed by atoms with van der Waals surface area (Å²) in [6.45, 7) is 0.754. The van der Waals surface area contributed by atoms with Crippen LogP contribution in [0.5, 0.6) is 0 Å². The normalized spacial score (nSPS) is 25.7. The maximum atomic E-state index is 11.1. The van der Waals surface area contributed by atoms with Crippen molar-refractivity contribution in [2.45, 2.75) is 56.6 Å². The minimum Gasteiger partial charge on any atom is -0.387 e. The van der Waals surface area contributed by atoms with Crippen LogP contribution < -0.4 is 0 Å². The third kappa shape index (κ3) is 7.61. The maximum absolute atomic E-state index is 11.1. The summed E-state index contributed by atoms with van der Waals surface area (Å²) < 4.78 is 24.4. The van der Waals surface area contributed by atoms with Crippen LogP contribution in [0.3, 0.4) is 0 Å². The fourth-order valence-corrected chi connectivity index (χ4v) is 4.18. The molecule has 194 valence electrons. The predicted molar refractivity (Wildman–Crippen MR) is 136 cm³/mol. The Labute approximate surface area is 215 Å². The van der Waals surface area contributed by atoms with E-state index in [4.69, 9.17) is 24.5 Å². The van der Waals surface area contributed by atoms with Gasteiger partial charge in [-0.15, -0.1) is 0 Å². The van der Waals surface area contributed by atoms with Crippen LogP contribution in [0.4, 0.5) is 0 Å². The molecule has 2 N–H and O–H groups in total. The average molecular weight is 506 g/mol. The summed E-state index contributed by atoms with van der Waals surface area (Å²) in [4.78, 5) is 2.79. The Kier molecular flexibility index (Phi) is 10.0. The van der Waals surface area contributed by atoms with Crippen molar-refractivity contribution in [2.75, 3.05) is 6.61 Å². The van der Waals surface area contributed by atoms with Crippen LogP contribution in [0.2, 0.25) is 0 Å². The van der Waals surface area contributed by atoms with Crippen molar-refractivity contribution in [3.8, 4) is 0 Å². The lowest BCUT2D eigenvalue weighted by molar-refractivity contribution is -0.174. The van der Waals surface area contributed by atoms with Gasteiger partial charge in [-0.1, -0.05) is 96.1 Å². The standard InChI is InChI=1S/C28H31N3O6/c29-31-30-28-25(33)24(32)27(36-18-22-14-8-3-9-15-22)26(35-17-21-12-6-2-7-13-21)23(37-28)19-34-16-20-10-4-1-5-11-20/h1-15,23-28,32-33H,16-19H2/t23-,24-,25-,26-,27-,28+/m1/s1. The Morgan fingerprint density at radius 1 is 0.703 bits per heavy atom. The number of benzene rings is 3. The van der Waals surface area contributed by atoms with Gasteiger partial charge in [-0.05, 0) is 22.2 Å². The number of aliphatic hydroxyl groups excluding tert-OH is 2. The first kappa shape index (κ1) is 26.8. The molecular weight excluding hydrogens is 474 g/mol. The first-order valence-corrected chi connectivity index (χ1v) is 12.1. The minimum atomic E-state index is -1.53. The van der Waals surface area contributed by atoms with Gasteiger partial charge in [0, 0.05) is 4.91 Å². The third-order valence-corrected chi connectivity index (χ3v) is 6.11. The fourth-order valence-electron chi connectivity index (χ4n) is 4.18. The van der Waals surface area contributed by atoms with E-state index in [-0.39, 0.29) is 19.8 Å². The van der Waals surface area contributed by atoms with E-state index in [1.165, 1.54) is 0 Å². The Morgan fingerprint density at radius 3 is 1.70 bits per heavy atom. The second-order valence-electron chi connectivity index (χ2n) is 8.77. The highest BCUT2D eigenvalue weighted by Crippen LogP contribution is 2.28. The van der Waals surface area contributed by atoms with Gasteiger partial charge in [0.2, 0.25) is 0 Å². The van der Waals surface area contributed by atoms with Crippen LogP contribution >= 0.6 is 0 Å². The van der Waals surface area contributed by atoms with Gasteiger partial charge in [-0.3, -0.25) is 0 Å². The highest BCUT2D eigenvalue weighted by Gasteiger charge is 2.47. The summed E-state index contributed by atoms with van der Waals surface area (Å²) in [5.41, 5.74) is 11.8. The monoisotopic (exact) mass is 505 g/mol. The van der Waals surface area contributed by atoms with Gasteiger partial charge >= 0.3 is 0 Å². The van der Waals surface area contributed by atoms with Crippen LogP contribution in [-0.4, -0.2) is 53.6 Å².